The molecule has 0 unspecified atom stereocenters. The molecule has 1 aromatic heterocycles. The van der Waals surface area contributed by atoms with Gasteiger partial charge in [-0.1, -0.05) is 26.8 Å². The molecule has 0 spiro atoms. The van der Waals surface area contributed by atoms with Crippen LogP contribution in [0, 0.1) is 6.92 Å². The average Bonchev–Trinajstić information content (AvgIpc) is 3.31. The van der Waals surface area contributed by atoms with Crippen molar-refractivity contribution in [3.05, 3.63) is 53.2 Å². The summed E-state index contributed by atoms with van der Waals surface area (Å²) in [5.74, 6) is 1.39. The van der Waals surface area contributed by atoms with Crippen LogP contribution in [0.15, 0.2) is 36.4 Å². The van der Waals surface area contributed by atoms with Gasteiger partial charge in [0.2, 0.25) is 12.7 Å². The first-order valence-corrected chi connectivity index (χ1v) is 11.8. The third-order valence-corrected chi connectivity index (χ3v) is 6.92. The number of aliphatic hydroxyl groups is 2. The van der Waals surface area contributed by atoms with Gasteiger partial charge in [0, 0.05) is 23.6 Å². The molecular weight excluding hydrogens is 432 g/mol. The number of hydrogen-bond acceptors (Lipinski definition) is 5. The zero-order valence-corrected chi connectivity index (χ0v) is 20.1. The van der Waals surface area contributed by atoms with Gasteiger partial charge in [0.15, 0.2) is 11.5 Å². The van der Waals surface area contributed by atoms with Crippen LogP contribution in [0.5, 0.6) is 11.5 Å². The number of aromatic nitrogens is 1. The Bertz CT molecular complexity index is 1270. The van der Waals surface area contributed by atoms with Gasteiger partial charge in [-0.3, -0.25) is 4.79 Å². The number of anilines is 1. The minimum absolute atomic E-state index is 0. The van der Waals surface area contributed by atoms with Crippen LogP contribution < -0.4 is 14.8 Å². The first-order valence-electron chi connectivity index (χ1n) is 11.8. The lowest BCUT2D eigenvalue weighted by molar-refractivity contribution is -0.118. The van der Waals surface area contributed by atoms with Crippen molar-refractivity contribution < 1.29 is 25.9 Å². The van der Waals surface area contributed by atoms with Gasteiger partial charge in [0.05, 0.1) is 30.2 Å². The first kappa shape index (κ1) is 22.7. The van der Waals surface area contributed by atoms with E-state index < -0.39 is 11.5 Å². The van der Waals surface area contributed by atoms with E-state index in [9.17, 15) is 15.0 Å². The number of hydrogen-bond donors (Lipinski definition) is 3. The first-order chi connectivity index (χ1) is 16.1. The quantitative estimate of drug-likeness (QED) is 0.505. The monoisotopic (exact) mass is 466 g/mol. The number of carbonyl (C=O) groups is 1. The molecule has 1 fully saturated rings. The minimum Gasteiger partial charge on any atom is -0.454 e. The van der Waals surface area contributed by atoms with E-state index in [4.69, 9.17) is 9.47 Å². The third kappa shape index (κ3) is 3.83. The molecule has 3 aromatic rings. The minimum atomic E-state index is -0.841. The molecule has 0 radical (unpaired) electrons. The van der Waals surface area contributed by atoms with Gasteiger partial charge < -0.3 is 29.6 Å². The summed E-state index contributed by atoms with van der Waals surface area (Å²) in [6.07, 6.45) is 0.749. The standard InChI is InChI=1S/C27H32N2O5.H2/c1-16-9-19(10-17-11-23(26(2,3)4)29(24(16)17)13-20(31)14-30)28-25(32)27(7-8-27)18-5-6-21-22(12-18)34-15-33-21;/h5-6,9-12,20,30-31H,7-8,13-15H2,1-4H3,(H,28,32);1H/t20-;/m1./s1. The Morgan fingerprint density at radius 3 is 2.59 bits per heavy atom. The number of nitrogens with zero attached hydrogens (tertiary/aromatic N) is 1. The lowest BCUT2D eigenvalue weighted by atomic mass is 9.92. The van der Waals surface area contributed by atoms with Gasteiger partial charge in [0.25, 0.3) is 0 Å². The maximum absolute atomic E-state index is 13.4. The highest BCUT2D eigenvalue weighted by atomic mass is 16.7. The predicted molar refractivity (Wildman–Crippen MR) is 133 cm³/mol. The zero-order valence-electron chi connectivity index (χ0n) is 20.1. The number of nitrogens with one attached hydrogen (secondary N) is 1. The molecule has 3 N–H and O–H groups in total. The predicted octanol–water partition coefficient (Wildman–Crippen LogP) is 4.25. The Balaban J connectivity index is 0.00000289. The average molecular weight is 467 g/mol. The highest BCUT2D eigenvalue weighted by molar-refractivity contribution is 6.03. The highest BCUT2D eigenvalue weighted by Crippen LogP contribution is 2.51. The normalized spacial score (nSPS) is 17.1. The van der Waals surface area contributed by atoms with E-state index in [-0.39, 0.29) is 26.1 Å². The number of aryl methyl sites for hydroxylation is 1. The van der Waals surface area contributed by atoms with E-state index in [0.717, 1.165) is 46.3 Å². The summed E-state index contributed by atoms with van der Waals surface area (Å²) < 4.78 is 13.0. The van der Waals surface area contributed by atoms with Crippen molar-refractivity contribution in [2.45, 2.75) is 64.0 Å². The lowest BCUT2D eigenvalue weighted by Gasteiger charge is -2.24. The van der Waals surface area contributed by atoms with Crippen molar-refractivity contribution in [2.24, 2.45) is 0 Å². The summed E-state index contributed by atoms with van der Waals surface area (Å²) in [5, 5.41) is 23.7. The number of amides is 1. The molecule has 182 valence electrons. The number of carbonyl (C=O) groups excluding carboxylic acids is 1. The van der Waals surface area contributed by atoms with Crippen molar-refractivity contribution >= 4 is 22.5 Å². The highest BCUT2D eigenvalue weighted by Gasteiger charge is 2.51. The van der Waals surface area contributed by atoms with Crippen molar-refractivity contribution in [1.29, 1.82) is 0 Å². The Kier molecular flexibility index (Phi) is 5.37. The van der Waals surface area contributed by atoms with Crippen LogP contribution in [-0.2, 0) is 22.2 Å². The fraction of sp³-hybridized carbons (Fsp3) is 0.444. The fourth-order valence-electron chi connectivity index (χ4n) is 5.00. The summed E-state index contributed by atoms with van der Waals surface area (Å²) in [4.78, 5) is 13.4. The van der Waals surface area contributed by atoms with Gasteiger partial charge in [-0.2, -0.15) is 0 Å². The second kappa shape index (κ2) is 8.03. The summed E-state index contributed by atoms with van der Waals surface area (Å²) in [6, 6.07) is 11.8. The molecule has 1 amide bonds. The SMILES string of the molecule is Cc1cc(NC(=O)C2(c3ccc4c(c3)OCO4)CC2)cc2cc(C(C)(C)C)n(C[C@@H](O)CO)c12.[HH]. The van der Waals surface area contributed by atoms with Crippen LogP contribution in [0.25, 0.3) is 10.9 Å². The van der Waals surface area contributed by atoms with Gasteiger partial charge in [-0.15, -0.1) is 0 Å². The van der Waals surface area contributed by atoms with Crippen LogP contribution in [0.2, 0.25) is 0 Å². The van der Waals surface area contributed by atoms with E-state index in [2.05, 4.69) is 36.7 Å². The van der Waals surface area contributed by atoms with E-state index in [1.54, 1.807) is 0 Å². The van der Waals surface area contributed by atoms with Gasteiger partial charge >= 0.3 is 0 Å². The molecule has 1 aliphatic heterocycles. The molecule has 2 heterocycles. The summed E-state index contributed by atoms with van der Waals surface area (Å²) in [5.41, 5.74) is 4.09. The second-order valence-corrected chi connectivity index (χ2v) is 10.6. The van der Waals surface area contributed by atoms with Crippen LogP contribution in [0.1, 0.15) is 51.9 Å². The van der Waals surface area contributed by atoms with Crippen LogP contribution in [0.3, 0.4) is 0 Å². The van der Waals surface area contributed by atoms with Gasteiger partial charge in [-0.05, 0) is 61.2 Å². The third-order valence-electron chi connectivity index (χ3n) is 6.92. The molecular formula is C27H34N2O5. The lowest BCUT2D eigenvalue weighted by Crippen LogP contribution is -2.27. The van der Waals surface area contributed by atoms with Crippen LogP contribution in [0.4, 0.5) is 5.69 Å². The molecule has 1 aliphatic carbocycles. The number of ether oxygens (including phenoxy) is 2. The number of fused-ring (bicyclic) bond motifs is 2. The molecule has 0 bridgehead atoms. The second-order valence-electron chi connectivity index (χ2n) is 10.6. The van der Waals surface area contributed by atoms with Crippen molar-refractivity contribution in [1.82, 2.24) is 4.57 Å². The molecule has 1 atom stereocenters. The van der Waals surface area contributed by atoms with E-state index >= 15 is 0 Å². The smallest absolute Gasteiger partial charge is 0.235 e. The molecule has 2 aliphatic rings. The van der Waals surface area contributed by atoms with Crippen LogP contribution >= 0.6 is 0 Å². The number of aliphatic hydroxyl groups excluding tert-OH is 2. The number of benzene rings is 2. The summed E-state index contributed by atoms with van der Waals surface area (Å²) >= 11 is 0. The number of rotatable bonds is 6. The topological polar surface area (TPSA) is 93.0 Å². The Morgan fingerprint density at radius 1 is 1.18 bits per heavy atom. The summed E-state index contributed by atoms with van der Waals surface area (Å²) in [7, 11) is 0. The Morgan fingerprint density at radius 2 is 1.91 bits per heavy atom. The molecule has 1 saturated carbocycles. The Hall–Kier alpha value is -3.03. The zero-order chi connectivity index (χ0) is 24.3. The van der Waals surface area contributed by atoms with E-state index in [0.29, 0.717) is 18.0 Å². The van der Waals surface area contributed by atoms with Crippen LogP contribution in [-0.4, -0.2) is 40.2 Å². The van der Waals surface area contributed by atoms with Gasteiger partial charge in [0.1, 0.15) is 0 Å². The molecule has 34 heavy (non-hydrogen) atoms. The van der Waals surface area contributed by atoms with Crippen molar-refractivity contribution in [3.8, 4) is 11.5 Å². The molecule has 5 rings (SSSR count). The fourth-order valence-corrected chi connectivity index (χ4v) is 5.00. The molecule has 2 aromatic carbocycles. The van der Waals surface area contributed by atoms with Crippen molar-refractivity contribution in [3.63, 3.8) is 0 Å². The molecule has 7 heteroatoms. The Labute approximate surface area is 200 Å². The summed E-state index contributed by atoms with van der Waals surface area (Å²) in [6.45, 7) is 8.63. The largest absolute Gasteiger partial charge is 0.454 e. The molecule has 0 saturated heterocycles. The van der Waals surface area contributed by atoms with E-state index in [1.165, 1.54) is 0 Å². The van der Waals surface area contributed by atoms with E-state index in [1.807, 2.05) is 37.3 Å². The maximum Gasteiger partial charge on any atom is 0.235 e. The maximum atomic E-state index is 13.4. The van der Waals surface area contributed by atoms with Gasteiger partial charge in [-0.25, -0.2) is 0 Å². The molecule has 7 nitrogen and oxygen atoms in total. The van der Waals surface area contributed by atoms with Crippen molar-refractivity contribution in [2.75, 3.05) is 18.7 Å².